The zero-order valence-electron chi connectivity index (χ0n) is 15.3. The summed E-state index contributed by atoms with van der Waals surface area (Å²) in [4.78, 5) is 16.3. The van der Waals surface area contributed by atoms with Crippen LogP contribution in [0, 0.1) is 5.82 Å². The molecular formula is C21H20FN3O3. The number of benzene rings is 2. The Bertz CT molecular complexity index is 932. The molecule has 1 aromatic heterocycles. The third kappa shape index (κ3) is 5.44. The summed E-state index contributed by atoms with van der Waals surface area (Å²) in [6.45, 7) is 0.987. The van der Waals surface area contributed by atoms with Crippen molar-refractivity contribution >= 4 is 17.3 Å². The summed E-state index contributed by atoms with van der Waals surface area (Å²) in [7, 11) is 1.61. The summed E-state index contributed by atoms with van der Waals surface area (Å²) < 4.78 is 24.0. The molecule has 28 heavy (non-hydrogen) atoms. The number of methoxy groups -OCH3 is 1. The quantitative estimate of drug-likeness (QED) is 0.578. The van der Waals surface area contributed by atoms with Crippen LogP contribution in [0.15, 0.2) is 66.9 Å². The van der Waals surface area contributed by atoms with Crippen molar-refractivity contribution in [3.63, 3.8) is 0 Å². The van der Waals surface area contributed by atoms with Gasteiger partial charge in [-0.05, 0) is 54.6 Å². The molecule has 3 rings (SSSR count). The molecule has 0 aliphatic rings. The summed E-state index contributed by atoms with van der Waals surface area (Å²) in [5, 5.41) is 5.80. The van der Waals surface area contributed by atoms with E-state index < -0.39 is 11.7 Å². The van der Waals surface area contributed by atoms with Gasteiger partial charge in [0.05, 0.1) is 7.11 Å². The molecule has 0 fully saturated rings. The van der Waals surface area contributed by atoms with Crippen LogP contribution in [0.5, 0.6) is 11.5 Å². The largest absolute Gasteiger partial charge is 0.497 e. The molecule has 1 heterocycles. The van der Waals surface area contributed by atoms with Crippen molar-refractivity contribution in [3.05, 3.63) is 78.4 Å². The minimum absolute atomic E-state index is 0.227. The van der Waals surface area contributed by atoms with Gasteiger partial charge in [0.1, 0.15) is 29.6 Å². The number of hydrogen-bond acceptors (Lipinski definition) is 5. The van der Waals surface area contributed by atoms with E-state index in [0.717, 1.165) is 17.2 Å². The first-order valence-corrected chi connectivity index (χ1v) is 8.68. The Kier molecular flexibility index (Phi) is 6.41. The number of anilines is 2. The minimum Gasteiger partial charge on any atom is -0.497 e. The van der Waals surface area contributed by atoms with Crippen LogP contribution in [0.3, 0.4) is 0 Å². The summed E-state index contributed by atoms with van der Waals surface area (Å²) >= 11 is 0. The van der Waals surface area contributed by atoms with E-state index in [0.29, 0.717) is 18.8 Å². The third-order valence-corrected chi connectivity index (χ3v) is 3.83. The molecule has 0 atom stereocenters. The Balaban J connectivity index is 1.50. The Hall–Kier alpha value is -3.61. The van der Waals surface area contributed by atoms with E-state index in [4.69, 9.17) is 9.47 Å². The van der Waals surface area contributed by atoms with E-state index in [2.05, 4.69) is 15.6 Å². The average Bonchev–Trinajstić information content (AvgIpc) is 2.72. The van der Waals surface area contributed by atoms with Gasteiger partial charge < -0.3 is 20.1 Å². The number of ether oxygens (including phenoxy) is 2. The van der Waals surface area contributed by atoms with Crippen LogP contribution in [0.4, 0.5) is 15.8 Å². The molecule has 0 saturated carbocycles. The Morgan fingerprint density at radius 3 is 2.57 bits per heavy atom. The Labute approximate surface area is 162 Å². The number of carbonyl (C=O) groups excluding carboxylic acids is 1. The number of hydrogen-bond donors (Lipinski definition) is 2. The van der Waals surface area contributed by atoms with E-state index >= 15 is 0 Å². The van der Waals surface area contributed by atoms with E-state index in [-0.39, 0.29) is 5.69 Å². The molecule has 144 valence electrons. The summed E-state index contributed by atoms with van der Waals surface area (Å²) in [5.74, 6) is 0.681. The van der Waals surface area contributed by atoms with Crippen molar-refractivity contribution < 1.29 is 18.7 Å². The number of halogens is 1. The highest BCUT2D eigenvalue weighted by atomic mass is 19.1. The molecule has 0 radical (unpaired) electrons. The number of carbonyl (C=O) groups is 1. The van der Waals surface area contributed by atoms with E-state index in [1.54, 1.807) is 25.3 Å². The maximum atomic E-state index is 13.2. The van der Waals surface area contributed by atoms with Gasteiger partial charge in [-0.3, -0.25) is 9.78 Å². The van der Waals surface area contributed by atoms with E-state index in [1.807, 2.05) is 24.3 Å². The lowest BCUT2D eigenvalue weighted by Crippen LogP contribution is -2.15. The van der Waals surface area contributed by atoms with Crippen LogP contribution in [0.1, 0.15) is 10.5 Å². The SMILES string of the molecule is COc1ccc(OCCNc2ccnc(C(=O)Nc3cccc(F)c3)c2)cc1. The highest BCUT2D eigenvalue weighted by Gasteiger charge is 2.09. The lowest BCUT2D eigenvalue weighted by atomic mass is 10.2. The van der Waals surface area contributed by atoms with Gasteiger partial charge in [0.2, 0.25) is 0 Å². The van der Waals surface area contributed by atoms with E-state index in [1.165, 1.54) is 24.4 Å². The predicted molar refractivity (Wildman–Crippen MR) is 106 cm³/mol. The molecule has 0 unspecified atom stereocenters. The molecular weight excluding hydrogens is 361 g/mol. The van der Waals surface area contributed by atoms with Crippen molar-refractivity contribution in [1.82, 2.24) is 4.98 Å². The molecule has 0 aliphatic heterocycles. The Morgan fingerprint density at radius 2 is 1.82 bits per heavy atom. The molecule has 0 bridgehead atoms. The maximum absolute atomic E-state index is 13.2. The second-order valence-corrected chi connectivity index (χ2v) is 5.84. The van der Waals surface area contributed by atoms with Gasteiger partial charge in [-0.2, -0.15) is 0 Å². The second-order valence-electron chi connectivity index (χ2n) is 5.84. The molecule has 0 saturated heterocycles. The lowest BCUT2D eigenvalue weighted by Gasteiger charge is -2.10. The number of nitrogens with zero attached hydrogens (tertiary/aromatic N) is 1. The number of rotatable bonds is 8. The monoisotopic (exact) mass is 381 g/mol. The Morgan fingerprint density at radius 1 is 1.04 bits per heavy atom. The van der Waals surface area contributed by atoms with Crippen molar-refractivity contribution in [2.45, 2.75) is 0 Å². The molecule has 0 spiro atoms. The highest BCUT2D eigenvalue weighted by Crippen LogP contribution is 2.17. The van der Waals surface area contributed by atoms with Crippen LogP contribution >= 0.6 is 0 Å². The first kappa shape index (κ1) is 19.2. The van der Waals surface area contributed by atoms with Gasteiger partial charge in [0.25, 0.3) is 5.91 Å². The first-order chi connectivity index (χ1) is 13.6. The first-order valence-electron chi connectivity index (χ1n) is 8.68. The van der Waals surface area contributed by atoms with Gasteiger partial charge in [-0.25, -0.2) is 4.39 Å². The second kappa shape index (κ2) is 9.36. The van der Waals surface area contributed by atoms with Crippen LogP contribution in [-0.4, -0.2) is 31.2 Å². The molecule has 7 heteroatoms. The summed E-state index contributed by atoms with van der Waals surface area (Å²) in [6.07, 6.45) is 1.53. The number of amides is 1. The summed E-state index contributed by atoms with van der Waals surface area (Å²) in [5.41, 5.74) is 1.33. The van der Waals surface area contributed by atoms with Gasteiger partial charge in [0.15, 0.2) is 0 Å². The minimum atomic E-state index is -0.418. The van der Waals surface area contributed by atoms with Crippen molar-refractivity contribution in [3.8, 4) is 11.5 Å². The third-order valence-electron chi connectivity index (χ3n) is 3.83. The zero-order valence-corrected chi connectivity index (χ0v) is 15.3. The standard InChI is InChI=1S/C21H20FN3O3/c1-27-18-5-7-19(8-6-18)28-12-11-23-16-9-10-24-20(14-16)21(26)25-17-4-2-3-15(22)13-17/h2-10,13-14H,11-12H2,1H3,(H,23,24)(H,25,26). The van der Waals surface area contributed by atoms with Gasteiger partial charge in [-0.15, -0.1) is 0 Å². The number of pyridine rings is 1. The van der Waals surface area contributed by atoms with Crippen LogP contribution in [0.2, 0.25) is 0 Å². The molecule has 6 nitrogen and oxygen atoms in total. The maximum Gasteiger partial charge on any atom is 0.274 e. The highest BCUT2D eigenvalue weighted by molar-refractivity contribution is 6.03. The molecule has 3 aromatic rings. The van der Waals surface area contributed by atoms with Gasteiger partial charge in [-0.1, -0.05) is 6.07 Å². The van der Waals surface area contributed by atoms with Crippen molar-refractivity contribution in [1.29, 1.82) is 0 Å². The number of nitrogens with one attached hydrogen (secondary N) is 2. The van der Waals surface area contributed by atoms with Crippen molar-refractivity contribution in [2.24, 2.45) is 0 Å². The van der Waals surface area contributed by atoms with Gasteiger partial charge in [0, 0.05) is 24.1 Å². The topological polar surface area (TPSA) is 72.5 Å². The van der Waals surface area contributed by atoms with Crippen molar-refractivity contribution in [2.75, 3.05) is 30.9 Å². The van der Waals surface area contributed by atoms with Crippen LogP contribution in [-0.2, 0) is 0 Å². The fourth-order valence-corrected chi connectivity index (χ4v) is 2.46. The molecule has 1 amide bonds. The lowest BCUT2D eigenvalue weighted by molar-refractivity contribution is 0.102. The average molecular weight is 381 g/mol. The normalized spacial score (nSPS) is 10.2. The fourth-order valence-electron chi connectivity index (χ4n) is 2.46. The molecule has 2 N–H and O–H groups in total. The van der Waals surface area contributed by atoms with Gasteiger partial charge >= 0.3 is 0 Å². The van der Waals surface area contributed by atoms with Crippen LogP contribution in [0.25, 0.3) is 0 Å². The smallest absolute Gasteiger partial charge is 0.274 e. The fraction of sp³-hybridized carbons (Fsp3) is 0.143. The van der Waals surface area contributed by atoms with E-state index in [9.17, 15) is 9.18 Å². The number of aromatic nitrogens is 1. The predicted octanol–water partition coefficient (Wildman–Crippen LogP) is 3.97. The molecule has 2 aromatic carbocycles. The van der Waals surface area contributed by atoms with Crippen LogP contribution < -0.4 is 20.1 Å². The molecule has 0 aliphatic carbocycles. The summed E-state index contributed by atoms with van der Waals surface area (Å²) in [6, 6.07) is 16.4. The zero-order chi connectivity index (χ0) is 19.8.